The summed E-state index contributed by atoms with van der Waals surface area (Å²) >= 11 is 1.46. The van der Waals surface area contributed by atoms with Crippen molar-refractivity contribution in [1.82, 2.24) is 30.0 Å². The Morgan fingerprint density at radius 3 is 2.35 bits per heavy atom. The van der Waals surface area contributed by atoms with Gasteiger partial charge in [-0.1, -0.05) is 0 Å². The molecule has 0 aliphatic heterocycles. The molecule has 0 saturated carbocycles. The fourth-order valence-corrected chi connectivity index (χ4v) is 4.57. The topological polar surface area (TPSA) is 85.6 Å². The molecule has 2 aromatic carbocycles. The van der Waals surface area contributed by atoms with E-state index in [4.69, 9.17) is 0 Å². The molecule has 0 fully saturated rings. The van der Waals surface area contributed by atoms with Crippen molar-refractivity contribution in [2.45, 2.75) is 26.1 Å². The number of nitrogens with one attached hydrogen (secondary N) is 1. The van der Waals surface area contributed by atoms with E-state index in [9.17, 15) is 22.4 Å². The number of fused-ring (bicyclic) bond motifs is 1. The first kappa shape index (κ1) is 24.5. The van der Waals surface area contributed by atoms with Gasteiger partial charge >= 0.3 is 6.18 Å². The smallest absolute Gasteiger partial charge is 0.345 e. The van der Waals surface area contributed by atoms with Crippen LogP contribution in [0.1, 0.15) is 39.6 Å². The minimum atomic E-state index is -4.65. The molecule has 3 heterocycles. The van der Waals surface area contributed by atoms with Gasteiger partial charge in [0.25, 0.3) is 5.91 Å². The first-order chi connectivity index (χ1) is 17.6. The first-order valence-electron chi connectivity index (χ1n) is 11.0. The third kappa shape index (κ3) is 4.92. The Morgan fingerprint density at radius 2 is 1.73 bits per heavy atom. The van der Waals surface area contributed by atoms with Crippen LogP contribution in [0, 0.1) is 12.7 Å². The largest absolute Gasteiger partial charge is 0.451 e. The number of carbonyl (C=O) groups is 1. The molecule has 1 atom stereocenters. The van der Waals surface area contributed by atoms with E-state index >= 15 is 0 Å². The number of benzene rings is 2. The number of hydrogen-bond acceptors (Lipinski definition) is 6. The number of amides is 1. The van der Waals surface area contributed by atoms with Gasteiger partial charge in [-0.15, -0.1) is 11.3 Å². The maximum Gasteiger partial charge on any atom is 0.451 e. The predicted octanol–water partition coefficient (Wildman–Crippen LogP) is 5.90. The molecule has 0 bridgehead atoms. The zero-order chi connectivity index (χ0) is 26.3. The number of thiazole rings is 1. The zero-order valence-corrected chi connectivity index (χ0v) is 20.2. The predicted molar refractivity (Wildman–Crippen MR) is 130 cm³/mol. The molecule has 1 amide bonds. The Labute approximate surface area is 211 Å². The lowest BCUT2D eigenvalue weighted by Gasteiger charge is -2.15. The third-order valence-electron chi connectivity index (χ3n) is 5.65. The molecule has 0 spiro atoms. The molecule has 0 aliphatic carbocycles. The van der Waals surface area contributed by atoms with Crippen LogP contribution in [0.3, 0.4) is 0 Å². The van der Waals surface area contributed by atoms with Crippen LogP contribution in [-0.2, 0) is 6.18 Å². The Kier molecular flexibility index (Phi) is 6.20. The Hall–Kier alpha value is -4.19. The second-order valence-electron chi connectivity index (χ2n) is 8.30. The monoisotopic (exact) mass is 526 g/mol. The standard InChI is InChI=1S/C25H18F4N6OS/c1-13-9-30-23(37-13)19-7-15(8-21-20(19)12-33-35(21)18-5-3-17(26)4-6-18)22(36)34-14(2)16-10-31-24(32-11-16)25(27,28)29/h3-12,14H,1-2H3,(H,34,36)/t14-/m1/s1. The number of aromatic nitrogens is 5. The lowest BCUT2D eigenvalue weighted by atomic mass is 10.0. The van der Waals surface area contributed by atoms with Crippen LogP contribution < -0.4 is 5.32 Å². The number of halogens is 4. The van der Waals surface area contributed by atoms with Crippen molar-refractivity contribution in [3.63, 3.8) is 0 Å². The summed E-state index contributed by atoms with van der Waals surface area (Å²) < 4.78 is 53.4. The Morgan fingerprint density at radius 1 is 1.03 bits per heavy atom. The van der Waals surface area contributed by atoms with Gasteiger partial charge < -0.3 is 5.32 Å². The highest BCUT2D eigenvalue weighted by atomic mass is 32.1. The lowest BCUT2D eigenvalue weighted by molar-refractivity contribution is -0.145. The molecule has 37 heavy (non-hydrogen) atoms. The average molecular weight is 527 g/mol. The van der Waals surface area contributed by atoms with Gasteiger partial charge in [0.05, 0.1) is 23.4 Å². The van der Waals surface area contributed by atoms with E-state index in [1.165, 1.54) is 23.5 Å². The highest BCUT2D eigenvalue weighted by Gasteiger charge is 2.34. The fraction of sp³-hybridized carbons (Fsp3) is 0.160. The summed E-state index contributed by atoms with van der Waals surface area (Å²) in [5.41, 5.74) is 2.51. The summed E-state index contributed by atoms with van der Waals surface area (Å²) in [5.74, 6) is -2.10. The quantitative estimate of drug-likeness (QED) is 0.289. The first-order valence-corrected chi connectivity index (χ1v) is 11.8. The van der Waals surface area contributed by atoms with Crippen LogP contribution >= 0.6 is 11.3 Å². The number of aryl methyl sites for hydroxylation is 1. The lowest BCUT2D eigenvalue weighted by Crippen LogP contribution is -2.27. The van der Waals surface area contributed by atoms with E-state index in [1.807, 2.05) is 6.92 Å². The molecule has 3 aromatic heterocycles. The molecule has 1 N–H and O–H groups in total. The van der Waals surface area contributed by atoms with Crippen molar-refractivity contribution in [3.8, 4) is 16.3 Å². The Balaban J connectivity index is 1.53. The van der Waals surface area contributed by atoms with Gasteiger partial charge in [0.1, 0.15) is 10.8 Å². The highest BCUT2D eigenvalue weighted by Crippen LogP contribution is 2.34. The summed E-state index contributed by atoms with van der Waals surface area (Å²) in [5, 5.41) is 8.68. The number of hydrogen-bond donors (Lipinski definition) is 1. The van der Waals surface area contributed by atoms with Crippen LogP contribution in [0.25, 0.3) is 27.2 Å². The zero-order valence-electron chi connectivity index (χ0n) is 19.4. The molecule has 0 unspecified atom stereocenters. The van der Waals surface area contributed by atoms with Crippen molar-refractivity contribution in [3.05, 3.63) is 88.8 Å². The molecule has 0 aliphatic rings. The van der Waals surface area contributed by atoms with Crippen LogP contribution in [0.5, 0.6) is 0 Å². The van der Waals surface area contributed by atoms with E-state index in [-0.39, 0.29) is 5.82 Å². The molecular formula is C25H18F4N6OS. The third-order valence-corrected chi connectivity index (χ3v) is 6.59. The minimum Gasteiger partial charge on any atom is -0.345 e. The molecular weight excluding hydrogens is 508 g/mol. The van der Waals surface area contributed by atoms with Crippen molar-refractivity contribution >= 4 is 28.1 Å². The summed E-state index contributed by atoms with van der Waals surface area (Å²) in [6.07, 6.45) is 0.817. The van der Waals surface area contributed by atoms with Gasteiger partial charge in [-0.05, 0) is 50.2 Å². The van der Waals surface area contributed by atoms with Crippen molar-refractivity contribution in [1.29, 1.82) is 0 Å². The van der Waals surface area contributed by atoms with Crippen LogP contribution in [0.15, 0.2) is 61.2 Å². The molecule has 0 saturated heterocycles. The number of alkyl halides is 3. The highest BCUT2D eigenvalue weighted by molar-refractivity contribution is 7.15. The number of rotatable bonds is 5. The molecule has 5 aromatic rings. The van der Waals surface area contributed by atoms with Crippen molar-refractivity contribution in [2.75, 3.05) is 0 Å². The second-order valence-corrected chi connectivity index (χ2v) is 9.53. The van der Waals surface area contributed by atoms with Crippen molar-refractivity contribution in [2.24, 2.45) is 0 Å². The fourth-order valence-electron chi connectivity index (χ4n) is 3.77. The molecule has 5 rings (SSSR count). The van der Waals surface area contributed by atoms with Gasteiger partial charge in [0.15, 0.2) is 0 Å². The minimum absolute atomic E-state index is 0.291. The van der Waals surface area contributed by atoms with Gasteiger partial charge in [0, 0.05) is 45.5 Å². The van der Waals surface area contributed by atoms with Crippen LogP contribution in [-0.4, -0.2) is 30.6 Å². The van der Waals surface area contributed by atoms with Crippen LogP contribution in [0.2, 0.25) is 0 Å². The molecule has 12 heteroatoms. The number of nitrogens with zero attached hydrogens (tertiary/aromatic N) is 5. The molecule has 0 radical (unpaired) electrons. The van der Waals surface area contributed by atoms with Gasteiger partial charge in [0.2, 0.25) is 5.82 Å². The SMILES string of the molecule is Cc1cnc(-c2cc(C(=O)N[C@H](C)c3cnc(C(F)(F)F)nc3)cc3c2cnn3-c2ccc(F)cc2)s1. The number of carbonyl (C=O) groups excluding carboxylic acids is 1. The van der Waals surface area contributed by atoms with Crippen molar-refractivity contribution < 1.29 is 22.4 Å². The van der Waals surface area contributed by atoms with E-state index < -0.39 is 23.9 Å². The molecule has 188 valence electrons. The van der Waals surface area contributed by atoms with Gasteiger partial charge in [-0.3, -0.25) is 4.79 Å². The summed E-state index contributed by atoms with van der Waals surface area (Å²) in [4.78, 5) is 25.4. The van der Waals surface area contributed by atoms with E-state index in [1.54, 1.807) is 48.3 Å². The van der Waals surface area contributed by atoms with E-state index in [0.29, 0.717) is 32.9 Å². The second kappa shape index (κ2) is 9.36. The average Bonchev–Trinajstić information content (AvgIpc) is 3.50. The van der Waals surface area contributed by atoms with E-state index in [0.717, 1.165) is 22.7 Å². The van der Waals surface area contributed by atoms with Gasteiger partial charge in [-0.25, -0.2) is 24.0 Å². The Bertz CT molecular complexity index is 1590. The summed E-state index contributed by atoms with van der Waals surface area (Å²) in [7, 11) is 0. The maximum atomic E-state index is 13.5. The molecule has 7 nitrogen and oxygen atoms in total. The van der Waals surface area contributed by atoms with Crippen LogP contribution in [0.4, 0.5) is 17.6 Å². The summed E-state index contributed by atoms with van der Waals surface area (Å²) in [6.45, 7) is 3.54. The van der Waals surface area contributed by atoms with E-state index in [2.05, 4.69) is 25.4 Å². The summed E-state index contributed by atoms with van der Waals surface area (Å²) in [6, 6.07) is 8.47. The van der Waals surface area contributed by atoms with Gasteiger partial charge in [-0.2, -0.15) is 18.3 Å². The normalized spacial score (nSPS) is 12.6. The maximum absolute atomic E-state index is 13.5.